The summed E-state index contributed by atoms with van der Waals surface area (Å²) in [7, 11) is 0. The van der Waals surface area contributed by atoms with E-state index in [1.54, 1.807) is 17.5 Å². The third kappa shape index (κ3) is 3.01. The highest BCUT2D eigenvalue weighted by Gasteiger charge is 2.08. The quantitative estimate of drug-likeness (QED) is 0.939. The van der Waals surface area contributed by atoms with Crippen LogP contribution in [-0.2, 0) is 0 Å². The maximum atomic E-state index is 4.47. The van der Waals surface area contributed by atoms with Crippen molar-refractivity contribution in [3.05, 3.63) is 21.1 Å². The van der Waals surface area contributed by atoms with Crippen LogP contribution in [-0.4, -0.2) is 21.5 Å². The van der Waals surface area contributed by atoms with Crippen molar-refractivity contribution >= 4 is 33.1 Å². The second-order valence-electron chi connectivity index (χ2n) is 3.57. The topological polar surface area (TPSA) is 50.7 Å². The van der Waals surface area contributed by atoms with Crippen molar-refractivity contribution in [3.63, 3.8) is 0 Å². The van der Waals surface area contributed by atoms with Gasteiger partial charge in [-0.05, 0) is 29.3 Å². The van der Waals surface area contributed by atoms with E-state index in [1.165, 1.54) is 0 Å². The van der Waals surface area contributed by atoms with Crippen molar-refractivity contribution in [1.82, 2.24) is 15.0 Å². The van der Waals surface area contributed by atoms with Crippen LogP contribution in [0.5, 0.6) is 0 Å². The minimum Gasteiger partial charge on any atom is -0.369 e. The van der Waals surface area contributed by atoms with Crippen LogP contribution in [0.1, 0.15) is 18.4 Å². The van der Waals surface area contributed by atoms with E-state index in [0.29, 0.717) is 5.82 Å². The normalized spacial score (nSPS) is 10.5. The first-order valence-corrected chi connectivity index (χ1v) is 7.07. The Morgan fingerprint density at radius 1 is 1.41 bits per heavy atom. The standard InChI is InChI=1S/C11H13BrN4S/c1-3-4-13-10-8(12)5-14-11(16-10)9-6-17-7(2)15-9/h5-6H,3-4H2,1-2H3,(H,13,14,16). The summed E-state index contributed by atoms with van der Waals surface area (Å²) < 4.78 is 0.877. The number of halogens is 1. The number of hydrogen-bond acceptors (Lipinski definition) is 5. The fourth-order valence-electron chi connectivity index (χ4n) is 1.32. The number of thiazole rings is 1. The summed E-state index contributed by atoms with van der Waals surface area (Å²) in [5.74, 6) is 1.48. The summed E-state index contributed by atoms with van der Waals surface area (Å²) in [6.07, 6.45) is 2.82. The van der Waals surface area contributed by atoms with Crippen molar-refractivity contribution in [2.24, 2.45) is 0 Å². The number of anilines is 1. The highest BCUT2D eigenvalue weighted by molar-refractivity contribution is 9.10. The first kappa shape index (κ1) is 12.4. The maximum Gasteiger partial charge on any atom is 0.181 e. The first-order valence-electron chi connectivity index (χ1n) is 5.39. The van der Waals surface area contributed by atoms with E-state index in [-0.39, 0.29) is 0 Å². The van der Waals surface area contributed by atoms with Gasteiger partial charge in [0.1, 0.15) is 11.5 Å². The highest BCUT2D eigenvalue weighted by Crippen LogP contribution is 2.24. The zero-order valence-electron chi connectivity index (χ0n) is 9.70. The Morgan fingerprint density at radius 2 is 2.24 bits per heavy atom. The Hall–Kier alpha value is -1.01. The molecule has 6 heteroatoms. The predicted octanol–water partition coefficient (Wildman–Crippen LogP) is 3.49. The minimum absolute atomic E-state index is 0.663. The summed E-state index contributed by atoms with van der Waals surface area (Å²) >= 11 is 5.04. The lowest BCUT2D eigenvalue weighted by Crippen LogP contribution is -2.04. The molecule has 0 unspecified atom stereocenters. The summed E-state index contributed by atoms with van der Waals surface area (Å²) in [5.41, 5.74) is 0.833. The minimum atomic E-state index is 0.663. The predicted molar refractivity (Wildman–Crippen MR) is 74.4 cm³/mol. The number of nitrogens with one attached hydrogen (secondary N) is 1. The van der Waals surface area contributed by atoms with Crippen molar-refractivity contribution in [1.29, 1.82) is 0 Å². The molecule has 0 radical (unpaired) electrons. The van der Waals surface area contributed by atoms with E-state index >= 15 is 0 Å². The number of aromatic nitrogens is 3. The van der Waals surface area contributed by atoms with Crippen LogP contribution < -0.4 is 5.32 Å². The monoisotopic (exact) mass is 312 g/mol. The molecule has 0 saturated heterocycles. The van der Waals surface area contributed by atoms with Gasteiger partial charge in [-0.15, -0.1) is 11.3 Å². The molecule has 0 fully saturated rings. The molecule has 1 N–H and O–H groups in total. The second-order valence-corrected chi connectivity index (χ2v) is 5.49. The fourth-order valence-corrected chi connectivity index (χ4v) is 2.25. The molecule has 0 bridgehead atoms. The van der Waals surface area contributed by atoms with Gasteiger partial charge in [0.25, 0.3) is 0 Å². The maximum absolute atomic E-state index is 4.47. The molecular formula is C11H13BrN4S. The van der Waals surface area contributed by atoms with Gasteiger partial charge in [0, 0.05) is 18.1 Å². The van der Waals surface area contributed by atoms with Crippen LogP contribution >= 0.6 is 27.3 Å². The lowest BCUT2D eigenvalue weighted by molar-refractivity contribution is 0.962. The van der Waals surface area contributed by atoms with Crippen LogP contribution in [0.3, 0.4) is 0 Å². The number of aryl methyl sites for hydroxylation is 1. The Bertz CT molecular complexity index is 512. The van der Waals surface area contributed by atoms with Crippen molar-refractivity contribution in [2.75, 3.05) is 11.9 Å². The van der Waals surface area contributed by atoms with Gasteiger partial charge in [0.15, 0.2) is 5.82 Å². The van der Waals surface area contributed by atoms with E-state index in [0.717, 1.165) is 34.0 Å². The summed E-state index contributed by atoms with van der Waals surface area (Å²) in [6.45, 7) is 4.99. The van der Waals surface area contributed by atoms with Crippen molar-refractivity contribution in [3.8, 4) is 11.5 Å². The van der Waals surface area contributed by atoms with Gasteiger partial charge in [0.2, 0.25) is 0 Å². The van der Waals surface area contributed by atoms with Crippen LogP contribution in [0.4, 0.5) is 5.82 Å². The molecular weight excluding hydrogens is 300 g/mol. The van der Waals surface area contributed by atoms with Crippen LogP contribution in [0.25, 0.3) is 11.5 Å². The SMILES string of the molecule is CCCNc1nc(-c2csc(C)n2)ncc1Br. The van der Waals surface area contributed by atoms with Crippen molar-refractivity contribution in [2.45, 2.75) is 20.3 Å². The number of hydrogen-bond donors (Lipinski definition) is 1. The van der Waals surface area contributed by atoms with E-state index in [2.05, 4.69) is 43.1 Å². The molecule has 17 heavy (non-hydrogen) atoms. The first-order chi connectivity index (χ1) is 8.20. The van der Waals surface area contributed by atoms with Gasteiger partial charge in [-0.2, -0.15) is 0 Å². The Kier molecular flexibility index (Phi) is 4.06. The number of nitrogens with zero attached hydrogens (tertiary/aromatic N) is 3. The molecule has 2 aromatic heterocycles. The van der Waals surface area contributed by atoms with Crippen molar-refractivity contribution < 1.29 is 0 Å². The third-order valence-corrected chi connectivity index (χ3v) is 3.49. The zero-order chi connectivity index (χ0) is 12.3. The molecule has 0 amide bonds. The van der Waals surface area contributed by atoms with Gasteiger partial charge in [-0.1, -0.05) is 6.92 Å². The smallest absolute Gasteiger partial charge is 0.181 e. The Morgan fingerprint density at radius 3 is 2.88 bits per heavy atom. The van der Waals surface area contributed by atoms with E-state index in [1.807, 2.05) is 12.3 Å². The molecule has 90 valence electrons. The molecule has 2 rings (SSSR count). The van der Waals surface area contributed by atoms with Gasteiger partial charge < -0.3 is 5.32 Å². The van der Waals surface area contributed by atoms with E-state index < -0.39 is 0 Å². The van der Waals surface area contributed by atoms with Gasteiger partial charge in [-0.25, -0.2) is 15.0 Å². The summed E-state index contributed by atoms with van der Waals surface area (Å²) in [4.78, 5) is 13.1. The van der Waals surface area contributed by atoms with Gasteiger partial charge in [-0.3, -0.25) is 0 Å². The Labute approximate surface area is 113 Å². The number of rotatable bonds is 4. The van der Waals surface area contributed by atoms with Crippen LogP contribution in [0.2, 0.25) is 0 Å². The molecule has 2 aromatic rings. The second kappa shape index (κ2) is 5.55. The Balaban J connectivity index is 2.30. The van der Waals surface area contributed by atoms with Crippen LogP contribution in [0.15, 0.2) is 16.0 Å². The molecule has 0 saturated carbocycles. The van der Waals surface area contributed by atoms with E-state index in [9.17, 15) is 0 Å². The van der Waals surface area contributed by atoms with E-state index in [4.69, 9.17) is 0 Å². The van der Waals surface area contributed by atoms with Gasteiger partial charge >= 0.3 is 0 Å². The fraction of sp³-hybridized carbons (Fsp3) is 0.364. The van der Waals surface area contributed by atoms with Crippen LogP contribution in [0, 0.1) is 6.92 Å². The molecule has 0 atom stereocenters. The average Bonchev–Trinajstić information content (AvgIpc) is 2.75. The molecule has 0 aliphatic rings. The summed E-state index contributed by atoms with van der Waals surface area (Å²) in [6, 6.07) is 0. The molecule has 0 aliphatic heterocycles. The molecule has 0 spiro atoms. The lowest BCUT2D eigenvalue weighted by Gasteiger charge is -2.06. The summed E-state index contributed by atoms with van der Waals surface area (Å²) in [5, 5.41) is 6.25. The molecule has 4 nitrogen and oxygen atoms in total. The molecule has 2 heterocycles. The lowest BCUT2D eigenvalue weighted by atomic mass is 10.4. The average molecular weight is 313 g/mol. The third-order valence-electron chi connectivity index (χ3n) is 2.13. The molecule has 0 aliphatic carbocycles. The highest BCUT2D eigenvalue weighted by atomic mass is 79.9. The zero-order valence-corrected chi connectivity index (χ0v) is 12.1. The largest absolute Gasteiger partial charge is 0.369 e. The van der Waals surface area contributed by atoms with Gasteiger partial charge in [0.05, 0.1) is 9.48 Å². The molecule has 0 aromatic carbocycles.